The molecule has 2 rings (SSSR count). The summed E-state index contributed by atoms with van der Waals surface area (Å²) >= 11 is 6.16. The second-order valence-electron chi connectivity index (χ2n) is 5.24. The van der Waals surface area contributed by atoms with Gasteiger partial charge in [-0.15, -0.1) is 0 Å². The van der Waals surface area contributed by atoms with E-state index in [0.29, 0.717) is 29.4 Å². The van der Waals surface area contributed by atoms with E-state index in [1.807, 2.05) is 18.2 Å². The summed E-state index contributed by atoms with van der Waals surface area (Å²) in [6.45, 7) is 0.974. The number of nitrogens with zero attached hydrogens (tertiary/aromatic N) is 3. The zero-order valence-corrected chi connectivity index (χ0v) is 14.9. The minimum absolute atomic E-state index is 0.116. The number of amides is 1. The maximum atomic E-state index is 12.7. The van der Waals surface area contributed by atoms with E-state index in [1.165, 1.54) is 18.2 Å². The number of rotatable bonds is 8. The van der Waals surface area contributed by atoms with Crippen LogP contribution < -0.4 is 0 Å². The number of carbonyl (C=O) groups is 2. The Bertz CT molecular complexity index is 732. The summed E-state index contributed by atoms with van der Waals surface area (Å²) in [4.78, 5) is 25.6. The Morgan fingerprint density at radius 1 is 1.24 bits per heavy atom. The first-order valence-corrected chi connectivity index (χ1v) is 8.09. The lowest BCUT2D eigenvalue weighted by Crippen LogP contribution is -2.35. The van der Waals surface area contributed by atoms with Crippen molar-refractivity contribution in [2.24, 2.45) is 0 Å². The molecule has 1 amide bonds. The summed E-state index contributed by atoms with van der Waals surface area (Å²) < 4.78 is 11.2. The summed E-state index contributed by atoms with van der Waals surface area (Å²) in [6, 6.07) is 7.22. The summed E-state index contributed by atoms with van der Waals surface area (Å²) in [5, 5.41) is 4.74. The van der Waals surface area contributed by atoms with Crippen LogP contribution in [-0.4, -0.2) is 60.5 Å². The van der Waals surface area contributed by atoms with E-state index in [4.69, 9.17) is 16.3 Å². The standard InChI is InChI=1S/C17H20ClN3O4/c1-24-10-9-20(8-7-16(22)25-2)17(23)13-11-19-21(12-13)15-6-4-3-5-14(15)18/h3-6,11-12H,7-10H2,1-2H3. The SMILES string of the molecule is COCCN(CCC(=O)OC)C(=O)c1cnn(-c2ccccc2Cl)c1. The molecular formula is C17H20ClN3O4. The second-order valence-corrected chi connectivity index (χ2v) is 5.64. The molecule has 0 fully saturated rings. The molecule has 0 spiro atoms. The van der Waals surface area contributed by atoms with Crippen molar-refractivity contribution in [2.75, 3.05) is 33.9 Å². The quantitative estimate of drug-likeness (QED) is 0.670. The van der Waals surface area contributed by atoms with Crippen LogP contribution in [0.4, 0.5) is 0 Å². The zero-order chi connectivity index (χ0) is 18.2. The van der Waals surface area contributed by atoms with Gasteiger partial charge < -0.3 is 14.4 Å². The van der Waals surface area contributed by atoms with Crippen LogP contribution in [0.15, 0.2) is 36.7 Å². The highest BCUT2D eigenvalue weighted by Crippen LogP contribution is 2.19. The van der Waals surface area contributed by atoms with Crippen LogP contribution in [-0.2, 0) is 14.3 Å². The molecule has 25 heavy (non-hydrogen) atoms. The van der Waals surface area contributed by atoms with Crippen molar-refractivity contribution in [2.45, 2.75) is 6.42 Å². The maximum Gasteiger partial charge on any atom is 0.307 e. The van der Waals surface area contributed by atoms with Gasteiger partial charge in [0.1, 0.15) is 0 Å². The zero-order valence-electron chi connectivity index (χ0n) is 14.1. The molecule has 1 heterocycles. The van der Waals surface area contributed by atoms with Crippen molar-refractivity contribution in [3.05, 3.63) is 47.2 Å². The van der Waals surface area contributed by atoms with Crippen LogP contribution in [0.5, 0.6) is 0 Å². The third kappa shape index (κ3) is 5.04. The Kier molecular flexibility index (Phi) is 6.97. The van der Waals surface area contributed by atoms with Crippen molar-refractivity contribution in [3.8, 4) is 5.69 Å². The lowest BCUT2D eigenvalue weighted by molar-refractivity contribution is -0.140. The molecule has 8 heteroatoms. The molecule has 0 aliphatic carbocycles. The fraction of sp³-hybridized carbons (Fsp3) is 0.353. The van der Waals surface area contributed by atoms with Crippen LogP contribution in [0.1, 0.15) is 16.8 Å². The largest absolute Gasteiger partial charge is 0.469 e. The van der Waals surface area contributed by atoms with Gasteiger partial charge in [-0.25, -0.2) is 4.68 Å². The molecule has 0 aliphatic heterocycles. The van der Waals surface area contributed by atoms with E-state index in [1.54, 1.807) is 24.1 Å². The lowest BCUT2D eigenvalue weighted by Gasteiger charge is -2.21. The van der Waals surface area contributed by atoms with Gasteiger partial charge in [0.2, 0.25) is 0 Å². The number of methoxy groups -OCH3 is 2. The monoisotopic (exact) mass is 365 g/mol. The Hall–Kier alpha value is -2.38. The van der Waals surface area contributed by atoms with Gasteiger partial charge in [-0.05, 0) is 12.1 Å². The number of carbonyl (C=O) groups excluding carboxylic acids is 2. The van der Waals surface area contributed by atoms with Crippen LogP contribution in [0.2, 0.25) is 5.02 Å². The smallest absolute Gasteiger partial charge is 0.307 e. The molecule has 0 aliphatic rings. The summed E-state index contributed by atoms with van der Waals surface area (Å²) in [5.74, 6) is -0.610. The molecule has 0 N–H and O–H groups in total. The molecule has 2 aromatic rings. The van der Waals surface area contributed by atoms with E-state index in [-0.39, 0.29) is 24.8 Å². The van der Waals surface area contributed by atoms with E-state index in [9.17, 15) is 9.59 Å². The van der Waals surface area contributed by atoms with Crippen LogP contribution in [0, 0.1) is 0 Å². The van der Waals surface area contributed by atoms with Gasteiger partial charge in [0.05, 0.1) is 42.6 Å². The molecule has 0 saturated heterocycles. The fourth-order valence-electron chi connectivity index (χ4n) is 2.23. The highest BCUT2D eigenvalue weighted by molar-refractivity contribution is 6.32. The summed E-state index contributed by atoms with van der Waals surface area (Å²) in [7, 11) is 2.87. The first kappa shape index (κ1) is 19.0. The Morgan fingerprint density at radius 2 is 2.00 bits per heavy atom. The highest BCUT2D eigenvalue weighted by Gasteiger charge is 2.19. The number of hydrogen-bond acceptors (Lipinski definition) is 5. The molecule has 0 bridgehead atoms. The van der Waals surface area contributed by atoms with Gasteiger partial charge in [0.15, 0.2) is 0 Å². The van der Waals surface area contributed by atoms with Crippen molar-refractivity contribution in [3.63, 3.8) is 0 Å². The summed E-state index contributed by atoms with van der Waals surface area (Å²) in [6.07, 6.45) is 3.20. The molecular weight excluding hydrogens is 346 g/mol. The summed E-state index contributed by atoms with van der Waals surface area (Å²) in [5.41, 5.74) is 1.09. The van der Waals surface area contributed by atoms with Crippen LogP contribution in [0.3, 0.4) is 0 Å². The number of ether oxygens (including phenoxy) is 2. The first-order chi connectivity index (χ1) is 12.1. The van der Waals surface area contributed by atoms with Crippen molar-refractivity contribution >= 4 is 23.5 Å². The molecule has 134 valence electrons. The predicted octanol–water partition coefficient (Wildman–Crippen LogP) is 2.18. The minimum Gasteiger partial charge on any atom is -0.469 e. The van der Waals surface area contributed by atoms with Gasteiger partial charge in [-0.2, -0.15) is 5.10 Å². The first-order valence-electron chi connectivity index (χ1n) is 7.71. The normalized spacial score (nSPS) is 10.5. The average Bonchev–Trinajstić information content (AvgIpc) is 3.11. The van der Waals surface area contributed by atoms with E-state index in [2.05, 4.69) is 9.84 Å². The Labute approximate surface area is 151 Å². The van der Waals surface area contributed by atoms with Gasteiger partial charge in [0.25, 0.3) is 5.91 Å². The number of halogens is 1. The van der Waals surface area contributed by atoms with Crippen molar-refractivity contribution in [1.29, 1.82) is 0 Å². The second kappa shape index (κ2) is 9.19. The average molecular weight is 366 g/mol. The minimum atomic E-state index is -0.373. The van der Waals surface area contributed by atoms with Crippen molar-refractivity contribution in [1.82, 2.24) is 14.7 Å². The molecule has 7 nitrogen and oxygen atoms in total. The Balaban J connectivity index is 2.15. The number of esters is 1. The number of benzene rings is 1. The molecule has 0 radical (unpaired) electrons. The molecule has 0 unspecified atom stereocenters. The van der Waals surface area contributed by atoms with Gasteiger partial charge in [0, 0.05) is 26.4 Å². The Morgan fingerprint density at radius 3 is 2.68 bits per heavy atom. The predicted molar refractivity (Wildman–Crippen MR) is 93.0 cm³/mol. The highest BCUT2D eigenvalue weighted by atomic mass is 35.5. The molecule has 1 aromatic heterocycles. The maximum absolute atomic E-state index is 12.7. The topological polar surface area (TPSA) is 73.7 Å². The number of hydrogen-bond donors (Lipinski definition) is 0. The van der Waals surface area contributed by atoms with Crippen LogP contribution in [0.25, 0.3) is 5.69 Å². The third-order valence-corrected chi connectivity index (χ3v) is 3.91. The van der Waals surface area contributed by atoms with Gasteiger partial charge >= 0.3 is 5.97 Å². The van der Waals surface area contributed by atoms with Gasteiger partial charge in [-0.3, -0.25) is 9.59 Å². The number of para-hydroxylation sites is 1. The lowest BCUT2D eigenvalue weighted by atomic mass is 10.2. The van der Waals surface area contributed by atoms with E-state index < -0.39 is 0 Å². The third-order valence-electron chi connectivity index (χ3n) is 3.59. The molecule has 1 aromatic carbocycles. The molecule has 0 atom stereocenters. The van der Waals surface area contributed by atoms with E-state index in [0.717, 1.165) is 0 Å². The van der Waals surface area contributed by atoms with Gasteiger partial charge in [-0.1, -0.05) is 23.7 Å². The van der Waals surface area contributed by atoms with Crippen molar-refractivity contribution < 1.29 is 19.1 Å². The number of aromatic nitrogens is 2. The van der Waals surface area contributed by atoms with E-state index >= 15 is 0 Å². The fourth-order valence-corrected chi connectivity index (χ4v) is 2.45. The van der Waals surface area contributed by atoms with Crippen LogP contribution >= 0.6 is 11.6 Å². The molecule has 0 saturated carbocycles.